The van der Waals surface area contributed by atoms with Crippen LogP contribution in [0.15, 0.2) is 30.4 Å². The second-order valence-corrected chi connectivity index (χ2v) is 5.90. The second-order valence-electron chi connectivity index (χ2n) is 5.49. The SMILES string of the molecule is CC=CC(O)Cc1ccc(C2CCCCC2)c(Cl)c1. The summed E-state index contributed by atoms with van der Waals surface area (Å²) in [6.07, 6.45) is 10.4. The molecular formula is C17H23ClO. The van der Waals surface area contributed by atoms with Crippen molar-refractivity contribution >= 4 is 11.6 Å². The fourth-order valence-electron chi connectivity index (χ4n) is 2.97. The number of hydrogen-bond acceptors (Lipinski definition) is 1. The zero-order chi connectivity index (χ0) is 13.7. The van der Waals surface area contributed by atoms with Gasteiger partial charge in [0.15, 0.2) is 0 Å². The van der Waals surface area contributed by atoms with Crippen molar-refractivity contribution in [1.29, 1.82) is 0 Å². The van der Waals surface area contributed by atoms with Gasteiger partial charge in [-0.1, -0.05) is 55.1 Å². The molecular weight excluding hydrogens is 256 g/mol. The van der Waals surface area contributed by atoms with E-state index in [4.69, 9.17) is 11.6 Å². The van der Waals surface area contributed by atoms with Crippen LogP contribution in [0.4, 0.5) is 0 Å². The van der Waals surface area contributed by atoms with Gasteiger partial charge in [-0.3, -0.25) is 0 Å². The smallest absolute Gasteiger partial charge is 0.0761 e. The zero-order valence-corrected chi connectivity index (χ0v) is 12.4. The van der Waals surface area contributed by atoms with E-state index in [2.05, 4.69) is 12.1 Å². The van der Waals surface area contributed by atoms with E-state index in [0.29, 0.717) is 12.3 Å². The summed E-state index contributed by atoms with van der Waals surface area (Å²) in [7, 11) is 0. The van der Waals surface area contributed by atoms with Crippen molar-refractivity contribution in [3.8, 4) is 0 Å². The van der Waals surface area contributed by atoms with Gasteiger partial charge in [-0.25, -0.2) is 0 Å². The zero-order valence-electron chi connectivity index (χ0n) is 11.6. The lowest BCUT2D eigenvalue weighted by atomic mass is 9.83. The molecule has 0 amide bonds. The lowest BCUT2D eigenvalue weighted by Gasteiger charge is -2.23. The van der Waals surface area contributed by atoms with Gasteiger partial charge in [0.1, 0.15) is 0 Å². The molecule has 1 aliphatic carbocycles. The largest absolute Gasteiger partial charge is 0.389 e. The maximum atomic E-state index is 9.78. The van der Waals surface area contributed by atoms with Crippen molar-refractivity contribution in [2.75, 3.05) is 0 Å². The molecule has 1 N–H and O–H groups in total. The lowest BCUT2D eigenvalue weighted by Crippen LogP contribution is -2.08. The summed E-state index contributed by atoms with van der Waals surface area (Å²) in [6.45, 7) is 1.92. The first-order valence-corrected chi connectivity index (χ1v) is 7.67. The molecule has 1 atom stereocenters. The predicted molar refractivity (Wildman–Crippen MR) is 81.8 cm³/mol. The van der Waals surface area contributed by atoms with Crippen molar-refractivity contribution in [3.05, 3.63) is 46.5 Å². The molecule has 0 heterocycles. The first-order valence-electron chi connectivity index (χ1n) is 7.30. The fourth-order valence-corrected chi connectivity index (χ4v) is 3.33. The van der Waals surface area contributed by atoms with Crippen LogP contribution in [0.5, 0.6) is 0 Å². The predicted octanol–water partition coefficient (Wildman–Crippen LogP) is 4.87. The molecule has 0 aromatic heterocycles. The molecule has 104 valence electrons. The van der Waals surface area contributed by atoms with Crippen LogP contribution in [0.2, 0.25) is 5.02 Å². The lowest BCUT2D eigenvalue weighted by molar-refractivity contribution is 0.223. The second kappa shape index (κ2) is 7.12. The maximum absolute atomic E-state index is 9.78. The third-order valence-electron chi connectivity index (χ3n) is 3.97. The number of halogens is 1. The Kier molecular flexibility index (Phi) is 5.47. The van der Waals surface area contributed by atoms with E-state index in [1.165, 1.54) is 37.7 Å². The highest BCUT2D eigenvalue weighted by molar-refractivity contribution is 6.31. The maximum Gasteiger partial charge on any atom is 0.0761 e. The topological polar surface area (TPSA) is 20.2 Å². The number of rotatable bonds is 4. The van der Waals surface area contributed by atoms with E-state index in [0.717, 1.165) is 10.6 Å². The molecule has 2 rings (SSSR count). The molecule has 2 heteroatoms. The minimum absolute atomic E-state index is 0.415. The van der Waals surface area contributed by atoms with E-state index in [1.54, 1.807) is 0 Å². The molecule has 1 aromatic rings. The molecule has 0 saturated heterocycles. The Morgan fingerprint density at radius 3 is 2.68 bits per heavy atom. The summed E-state index contributed by atoms with van der Waals surface area (Å²) in [6, 6.07) is 6.30. The van der Waals surface area contributed by atoms with Crippen LogP contribution in [-0.2, 0) is 6.42 Å². The van der Waals surface area contributed by atoms with Crippen LogP contribution in [0.3, 0.4) is 0 Å². The quantitative estimate of drug-likeness (QED) is 0.779. The average molecular weight is 279 g/mol. The third kappa shape index (κ3) is 4.09. The normalized spacial score (nSPS) is 18.9. The molecule has 0 bridgehead atoms. The van der Waals surface area contributed by atoms with Crippen molar-refractivity contribution in [1.82, 2.24) is 0 Å². The Bertz CT molecular complexity index is 433. The summed E-state index contributed by atoms with van der Waals surface area (Å²) in [4.78, 5) is 0. The third-order valence-corrected chi connectivity index (χ3v) is 4.30. The molecule has 1 aliphatic rings. The van der Waals surface area contributed by atoms with Crippen molar-refractivity contribution in [2.24, 2.45) is 0 Å². The highest BCUT2D eigenvalue weighted by Gasteiger charge is 2.18. The van der Waals surface area contributed by atoms with Gasteiger partial charge in [0.2, 0.25) is 0 Å². The molecule has 19 heavy (non-hydrogen) atoms. The molecule has 0 radical (unpaired) electrons. The van der Waals surface area contributed by atoms with Gasteiger partial charge in [-0.15, -0.1) is 0 Å². The van der Waals surface area contributed by atoms with Crippen LogP contribution in [-0.4, -0.2) is 11.2 Å². The summed E-state index contributed by atoms with van der Waals surface area (Å²) in [5.74, 6) is 0.635. The van der Waals surface area contributed by atoms with Crippen LogP contribution < -0.4 is 0 Å². The van der Waals surface area contributed by atoms with Crippen LogP contribution in [0, 0.1) is 0 Å². The minimum atomic E-state index is -0.415. The number of aliphatic hydroxyl groups excluding tert-OH is 1. The summed E-state index contributed by atoms with van der Waals surface area (Å²) >= 11 is 6.42. The molecule has 0 spiro atoms. The van der Waals surface area contributed by atoms with E-state index < -0.39 is 6.10 Å². The molecule has 1 fully saturated rings. The van der Waals surface area contributed by atoms with Crippen LogP contribution in [0.25, 0.3) is 0 Å². The highest BCUT2D eigenvalue weighted by atomic mass is 35.5. The summed E-state index contributed by atoms with van der Waals surface area (Å²) in [5.41, 5.74) is 2.40. The Labute approximate surface area is 121 Å². The summed E-state index contributed by atoms with van der Waals surface area (Å²) in [5, 5.41) is 10.7. The van der Waals surface area contributed by atoms with Crippen LogP contribution in [0.1, 0.15) is 56.1 Å². The minimum Gasteiger partial charge on any atom is -0.389 e. The van der Waals surface area contributed by atoms with Crippen LogP contribution >= 0.6 is 11.6 Å². The van der Waals surface area contributed by atoms with Crippen molar-refractivity contribution in [3.63, 3.8) is 0 Å². The highest BCUT2D eigenvalue weighted by Crippen LogP contribution is 2.36. The number of allylic oxidation sites excluding steroid dienone is 1. The van der Waals surface area contributed by atoms with E-state index in [1.807, 2.05) is 25.1 Å². The standard InChI is InChI=1S/C17H23ClO/c1-2-6-15(19)11-13-9-10-16(17(18)12-13)14-7-4-3-5-8-14/h2,6,9-10,12,14-15,19H,3-5,7-8,11H2,1H3. The van der Waals surface area contributed by atoms with Crippen molar-refractivity contribution in [2.45, 2.75) is 57.5 Å². The fraction of sp³-hybridized carbons (Fsp3) is 0.529. The van der Waals surface area contributed by atoms with Gasteiger partial charge in [0.25, 0.3) is 0 Å². The number of hydrogen-bond donors (Lipinski definition) is 1. The molecule has 1 nitrogen and oxygen atoms in total. The van der Waals surface area contributed by atoms with Gasteiger partial charge >= 0.3 is 0 Å². The first-order chi connectivity index (χ1) is 9.20. The summed E-state index contributed by atoms with van der Waals surface area (Å²) < 4.78 is 0. The Morgan fingerprint density at radius 2 is 2.05 bits per heavy atom. The Morgan fingerprint density at radius 1 is 1.32 bits per heavy atom. The molecule has 1 aromatic carbocycles. The molecule has 1 saturated carbocycles. The molecule has 0 aliphatic heterocycles. The van der Waals surface area contributed by atoms with Gasteiger partial charge in [-0.2, -0.15) is 0 Å². The Balaban J connectivity index is 2.08. The van der Waals surface area contributed by atoms with Gasteiger partial charge < -0.3 is 5.11 Å². The van der Waals surface area contributed by atoms with E-state index in [-0.39, 0.29) is 0 Å². The van der Waals surface area contributed by atoms with E-state index >= 15 is 0 Å². The molecule has 1 unspecified atom stereocenters. The van der Waals surface area contributed by atoms with Gasteiger partial charge in [-0.05, 0) is 42.9 Å². The van der Waals surface area contributed by atoms with Gasteiger partial charge in [0.05, 0.1) is 6.10 Å². The number of benzene rings is 1. The Hall–Kier alpha value is -0.790. The number of aliphatic hydroxyl groups is 1. The monoisotopic (exact) mass is 278 g/mol. The van der Waals surface area contributed by atoms with Crippen molar-refractivity contribution < 1.29 is 5.11 Å². The van der Waals surface area contributed by atoms with E-state index in [9.17, 15) is 5.11 Å². The van der Waals surface area contributed by atoms with Gasteiger partial charge in [0, 0.05) is 11.4 Å². The first kappa shape index (κ1) is 14.6. The average Bonchev–Trinajstić information content (AvgIpc) is 2.40.